The molecule has 0 fully saturated rings. The van der Waals surface area contributed by atoms with Crippen molar-refractivity contribution in [1.82, 2.24) is 19.9 Å². The average molecular weight is 528 g/mol. The summed E-state index contributed by atoms with van der Waals surface area (Å²) in [7, 11) is 2.10. The van der Waals surface area contributed by atoms with Crippen LogP contribution in [0.3, 0.4) is 0 Å². The number of fused-ring (bicyclic) bond motifs is 1. The van der Waals surface area contributed by atoms with Gasteiger partial charge in [0.15, 0.2) is 5.16 Å². The van der Waals surface area contributed by atoms with Crippen LogP contribution in [0.1, 0.15) is 16.8 Å². The smallest absolute Gasteiger partial charge is 0.166 e. The first-order valence-corrected chi connectivity index (χ1v) is 13.7. The quantitative estimate of drug-likeness (QED) is 0.187. The standard InChI is InChI=1S/C30H30ClN5S/c1-35(18-19-36(20-23-10-4-2-5-11-23)21-24-12-6-3-7-13-24)28-16-17-32-27(29(28)31)22-37-30-33-25-14-8-9-15-26(25)34-30/h2-17H,18-22H2,1H3,(H,33,34). The Balaban J connectivity index is 1.24. The van der Waals surface area contributed by atoms with E-state index in [0.29, 0.717) is 10.8 Å². The van der Waals surface area contributed by atoms with Gasteiger partial charge in [-0.05, 0) is 29.3 Å². The second-order valence-electron chi connectivity index (χ2n) is 9.04. The van der Waals surface area contributed by atoms with Crippen LogP contribution in [0.2, 0.25) is 5.02 Å². The number of halogens is 1. The summed E-state index contributed by atoms with van der Waals surface area (Å²) in [6.07, 6.45) is 1.85. The normalized spacial score (nSPS) is 11.3. The monoisotopic (exact) mass is 527 g/mol. The zero-order chi connectivity index (χ0) is 25.5. The van der Waals surface area contributed by atoms with Crippen LogP contribution < -0.4 is 4.90 Å². The number of rotatable bonds is 11. The molecule has 0 saturated carbocycles. The molecule has 1 N–H and O–H groups in total. The van der Waals surface area contributed by atoms with Crippen LogP contribution in [0.15, 0.2) is 102 Å². The lowest BCUT2D eigenvalue weighted by atomic mass is 10.1. The lowest BCUT2D eigenvalue weighted by molar-refractivity contribution is 0.263. The van der Waals surface area contributed by atoms with E-state index in [4.69, 9.17) is 11.6 Å². The van der Waals surface area contributed by atoms with Crippen molar-refractivity contribution in [3.63, 3.8) is 0 Å². The van der Waals surface area contributed by atoms with Gasteiger partial charge < -0.3 is 9.88 Å². The van der Waals surface area contributed by atoms with Crippen LogP contribution in [-0.2, 0) is 18.8 Å². The van der Waals surface area contributed by atoms with Gasteiger partial charge in [0.05, 0.1) is 27.4 Å². The number of likely N-dealkylation sites (N-methyl/N-ethyl adjacent to an activating group) is 1. The number of para-hydroxylation sites is 2. The van der Waals surface area contributed by atoms with E-state index >= 15 is 0 Å². The highest BCUT2D eigenvalue weighted by atomic mass is 35.5. The molecule has 0 saturated heterocycles. The molecule has 0 spiro atoms. The second-order valence-corrected chi connectivity index (χ2v) is 10.4. The molecule has 5 nitrogen and oxygen atoms in total. The SMILES string of the molecule is CN(CCN(Cc1ccccc1)Cc1ccccc1)c1ccnc(CSc2nc3ccccc3[nH]2)c1Cl. The summed E-state index contributed by atoms with van der Waals surface area (Å²) in [5.41, 5.74) is 6.49. The minimum absolute atomic E-state index is 0.647. The summed E-state index contributed by atoms with van der Waals surface area (Å²) in [6.45, 7) is 3.54. The summed E-state index contributed by atoms with van der Waals surface area (Å²) in [5, 5.41) is 1.57. The predicted molar refractivity (Wildman–Crippen MR) is 155 cm³/mol. The fraction of sp³-hybridized carbons (Fsp3) is 0.200. The number of H-pyrrole nitrogens is 1. The highest BCUT2D eigenvalue weighted by molar-refractivity contribution is 7.98. The van der Waals surface area contributed by atoms with Crippen LogP contribution in [0.4, 0.5) is 5.69 Å². The Morgan fingerprint density at radius 2 is 1.46 bits per heavy atom. The van der Waals surface area contributed by atoms with E-state index in [1.54, 1.807) is 11.8 Å². The van der Waals surface area contributed by atoms with E-state index in [-0.39, 0.29) is 0 Å². The lowest BCUT2D eigenvalue weighted by Gasteiger charge is -2.27. The molecule has 2 aromatic heterocycles. The van der Waals surface area contributed by atoms with Gasteiger partial charge in [-0.2, -0.15) is 0 Å². The molecule has 37 heavy (non-hydrogen) atoms. The van der Waals surface area contributed by atoms with Gasteiger partial charge in [-0.1, -0.05) is 96.2 Å². The zero-order valence-electron chi connectivity index (χ0n) is 20.8. The summed E-state index contributed by atoms with van der Waals surface area (Å²) in [4.78, 5) is 17.3. The number of aromatic amines is 1. The highest BCUT2D eigenvalue weighted by Crippen LogP contribution is 2.31. The lowest BCUT2D eigenvalue weighted by Crippen LogP contribution is -2.33. The van der Waals surface area contributed by atoms with Crippen molar-refractivity contribution >= 4 is 40.1 Å². The van der Waals surface area contributed by atoms with Gasteiger partial charge in [-0.25, -0.2) is 4.98 Å². The first-order chi connectivity index (χ1) is 18.2. The molecule has 2 heterocycles. The van der Waals surface area contributed by atoms with Crippen molar-refractivity contribution in [1.29, 1.82) is 0 Å². The summed E-state index contributed by atoms with van der Waals surface area (Å²) < 4.78 is 0. The Bertz CT molecular complexity index is 1350. The number of nitrogens with one attached hydrogen (secondary N) is 1. The third-order valence-electron chi connectivity index (χ3n) is 6.32. The first-order valence-electron chi connectivity index (χ1n) is 12.4. The molecule has 5 rings (SSSR count). The van der Waals surface area contributed by atoms with E-state index in [1.807, 2.05) is 36.5 Å². The van der Waals surface area contributed by atoms with Gasteiger partial charge in [0.2, 0.25) is 0 Å². The van der Waals surface area contributed by atoms with E-state index < -0.39 is 0 Å². The van der Waals surface area contributed by atoms with Crippen molar-refractivity contribution in [3.8, 4) is 0 Å². The largest absolute Gasteiger partial charge is 0.372 e. The van der Waals surface area contributed by atoms with Crippen LogP contribution in [-0.4, -0.2) is 40.0 Å². The molecule has 7 heteroatoms. The number of thioether (sulfide) groups is 1. The van der Waals surface area contributed by atoms with Gasteiger partial charge in [0, 0.05) is 45.2 Å². The van der Waals surface area contributed by atoms with Gasteiger partial charge >= 0.3 is 0 Å². The molecule has 0 radical (unpaired) electrons. The maximum atomic E-state index is 6.86. The molecule has 3 aromatic carbocycles. The van der Waals surface area contributed by atoms with Crippen molar-refractivity contribution < 1.29 is 0 Å². The van der Waals surface area contributed by atoms with Gasteiger partial charge in [0.1, 0.15) is 0 Å². The molecule has 0 aliphatic rings. The number of imidazole rings is 1. The number of aromatic nitrogens is 3. The van der Waals surface area contributed by atoms with Gasteiger partial charge in [-0.15, -0.1) is 0 Å². The Morgan fingerprint density at radius 3 is 2.14 bits per heavy atom. The molecule has 5 aromatic rings. The Kier molecular flexibility index (Phi) is 8.41. The van der Waals surface area contributed by atoms with E-state index in [9.17, 15) is 0 Å². The highest BCUT2D eigenvalue weighted by Gasteiger charge is 2.15. The molecule has 0 unspecified atom stereocenters. The summed E-state index contributed by atoms with van der Waals surface area (Å²) in [5.74, 6) is 0.647. The number of hydrogen-bond donors (Lipinski definition) is 1. The van der Waals surface area contributed by atoms with Crippen LogP contribution in [0.25, 0.3) is 11.0 Å². The summed E-state index contributed by atoms with van der Waals surface area (Å²) in [6, 6.07) is 31.3. The molecule has 0 atom stereocenters. The number of benzene rings is 3. The first kappa shape index (κ1) is 25.3. The van der Waals surface area contributed by atoms with E-state index in [2.05, 4.69) is 92.5 Å². The van der Waals surface area contributed by atoms with Crippen LogP contribution in [0.5, 0.6) is 0 Å². The number of anilines is 1. The van der Waals surface area contributed by atoms with Crippen LogP contribution in [0, 0.1) is 0 Å². The van der Waals surface area contributed by atoms with Crippen LogP contribution >= 0.6 is 23.4 Å². The van der Waals surface area contributed by atoms with E-state index in [0.717, 1.165) is 53.8 Å². The van der Waals surface area contributed by atoms with Gasteiger partial charge in [0.25, 0.3) is 0 Å². The molecule has 0 aliphatic heterocycles. The van der Waals surface area contributed by atoms with E-state index in [1.165, 1.54) is 11.1 Å². The van der Waals surface area contributed by atoms with Gasteiger partial charge in [-0.3, -0.25) is 9.88 Å². The third-order valence-corrected chi connectivity index (χ3v) is 7.61. The third kappa shape index (κ3) is 6.72. The fourth-order valence-corrected chi connectivity index (χ4v) is 5.55. The minimum atomic E-state index is 0.647. The van der Waals surface area contributed by atoms with Crippen molar-refractivity contribution in [2.75, 3.05) is 25.0 Å². The Labute approximate surface area is 227 Å². The molecular formula is C30H30ClN5S. The fourth-order valence-electron chi connectivity index (χ4n) is 4.31. The number of hydrogen-bond acceptors (Lipinski definition) is 5. The molecular weight excluding hydrogens is 498 g/mol. The molecule has 0 aliphatic carbocycles. The van der Waals surface area contributed by atoms with Crippen molar-refractivity contribution in [2.45, 2.75) is 24.0 Å². The summed E-state index contributed by atoms with van der Waals surface area (Å²) >= 11 is 8.48. The molecule has 0 bridgehead atoms. The number of nitrogens with zero attached hydrogens (tertiary/aromatic N) is 4. The maximum absolute atomic E-state index is 6.86. The topological polar surface area (TPSA) is 48.1 Å². The second kappa shape index (κ2) is 12.3. The average Bonchev–Trinajstić information content (AvgIpc) is 3.35. The Morgan fingerprint density at radius 1 is 0.811 bits per heavy atom. The van der Waals surface area contributed by atoms with Crippen molar-refractivity contribution in [2.24, 2.45) is 0 Å². The maximum Gasteiger partial charge on any atom is 0.166 e. The van der Waals surface area contributed by atoms with Crippen molar-refractivity contribution in [3.05, 3.63) is 119 Å². The minimum Gasteiger partial charge on any atom is -0.372 e. The predicted octanol–water partition coefficient (Wildman–Crippen LogP) is 7.04. The number of pyridine rings is 1. The zero-order valence-corrected chi connectivity index (χ0v) is 22.4. The molecule has 188 valence electrons. The molecule has 0 amide bonds. The Hall–Kier alpha value is -3.32.